The predicted octanol–water partition coefficient (Wildman–Crippen LogP) is 3.03. The molecule has 0 aliphatic rings. The van der Waals surface area contributed by atoms with Gasteiger partial charge in [-0.25, -0.2) is 4.98 Å². The van der Waals surface area contributed by atoms with Crippen LogP contribution in [-0.4, -0.2) is 10.9 Å². The van der Waals surface area contributed by atoms with Crippen LogP contribution in [0.4, 0.5) is 5.69 Å². The number of nitrogens with zero attached hydrogens (tertiary/aromatic N) is 1. The highest BCUT2D eigenvalue weighted by Crippen LogP contribution is 2.20. The van der Waals surface area contributed by atoms with Gasteiger partial charge in [0, 0.05) is 11.1 Å². The molecule has 0 aliphatic heterocycles. The summed E-state index contributed by atoms with van der Waals surface area (Å²) in [5.74, 6) is -0.197. The average molecular weight is 275 g/mol. The third-order valence-electron chi connectivity index (χ3n) is 3.00. The maximum atomic E-state index is 12.1. The first-order valence-corrected chi connectivity index (χ1v) is 6.95. The molecule has 5 heteroatoms. The van der Waals surface area contributed by atoms with E-state index in [2.05, 4.69) is 10.3 Å². The summed E-state index contributed by atoms with van der Waals surface area (Å²) in [4.78, 5) is 16.3. The zero-order valence-electron chi connectivity index (χ0n) is 11.2. The van der Waals surface area contributed by atoms with Crippen molar-refractivity contribution in [1.29, 1.82) is 0 Å². The molecule has 19 heavy (non-hydrogen) atoms. The normalized spacial score (nSPS) is 12.2. The topological polar surface area (TPSA) is 68.0 Å². The van der Waals surface area contributed by atoms with Gasteiger partial charge >= 0.3 is 0 Å². The van der Waals surface area contributed by atoms with Crippen LogP contribution in [0.15, 0.2) is 23.6 Å². The van der Waals surface area contributed by atoms with Gasteiger partial charge in [0.15, 0.2) is 0 Å². The number of amides is 1. The molecular formula is C14H17N3OS. The minimum Gasteiger partial charge on any atom is -0.322 e. The number of benzene rings is 1. The van der Waals surface area contributed by atoms with Gasteiger partial charge in [-0.2, -0.15) is 0 Å². The lowest BCUT2D eigenvalue weighted by atomic mass is 10.1. The van der Waals surface area contributed by atoms with E-state index in [0.717, 1.165) is 21.8 Å². The number of nitrogens with two attached hydrogens (primary N) is 1. The first-order valence-electron chi connectivity index (χ1n) is 6.07. The minimum absolute atomic E-state index is 0.146. The highest BCUT2D eigenvalue weighted by atomic mass is 32.1. The molecule has 0 saturated carbocycles. The monoisotopic (exact) mass is 275 g/mol. The molecule has 1 unspecified atom stereocenters. The highest BCUT2D eigenvalue weighted by Gasteiger charge is 2.13. The van der Waals surface area contributed by atoms with Crippen LogP contribution in [0, 0.1) is 13.8 Å². The van der Waals surface area contributed by atoms with E-state index in [1.54, 1.807) is 5.38 Å². The van der Waals surface area contributed by atoms with Crippen molar-refractivity contribution in [3.63, 3.8) is 0 Å². The fraction of sp³-hybridized carbons (Fsp3) is 0.286. The fourth-order valence-corrected chi connectivity index (χ4v) is 2.43. The van der Waals surface area contributed by atoms with Gasteiger partial charge in [-0.1, -0.05) is 12.1 Å². The van der Waals surface area contributed by atoms with Crippen LogP contribution in [0.5, 0.6) is 0 Å². The van der Waals surface area contributed by atoms with E-state index < -0.39 is 0 Å². The second kappa shape index (κ2) is 5.50. The highest BCUT2D eigenvalue weighted by molar-refractivity contribution is 7.09. The van der Waals surface area contributed by atoms with E-state index in [1.165, 1.54) is 11.3 Å². The molecule has 1 heterocycles. The average Bonchev–Trinajstić information content (AvgIpc) is 2.84. The van der Waals surface area contributed by atoms with Crippen LogP contribution in [0.1, 0.15) is 39.6 Å². The molecule has 1 atom stereocenters. The number of carbonyl (C=O) groups is 1. The number of aromatic nitrogens is 1. The third kappa shape index (κ3) is 3.00. The Hall–Kier alpha value is -1.72. The van der Waals surface area contributed by atoms with Gasteiger partial charge in [0.25, 0.3) is 5.91 Å². The molecule has 0 fully saturated rings. The number of carbonyl (C=O) groups excluding carboxylic acids is 1. The lowest BCUT2D eigenvalue weighted by Gasteiger charge is -2.09. The molecule has 2 aromatic rings. The van der Waals surface area contributed by atoms with E-state index in [-0.39, 0.29) is 11.9 Å². The van der Waals surface area contributed by atoms with Crippen LogP contribution < -0.4 is 11.1 Å². The molecule has 0 spiro atoms. The molecular weight excluding hydrogens is 258 g/mol. The largest absolute Gasteiger partial charge is 0.322 e. The lowest BCUT2D eigenvalue weighted by molar-refractivity contribution is 0.102. The minimum atomic E-state index is -0.197. The second-order valence-corrected chi connectivity index (χ2v) is 5.45. The van der Waals surface area contributed by atoms with Crippen molar-refractivity contribution in [1.82, 2.24) is 4.98 Å². The molecule has 0 radical (unpaired) electrons. The van der Waals surface area contributed by atoms with Gasteiger partial charge in [0.2, 0.25) is 0 Å². The van der Waals surface area contributed by atoms with E-state index in [0.29, 0.717) is 5.69 Å². The predicted molar refractivity (Wildman–Crippen MR) is 78.6 cm³/mol. The second-order valence-electron chi connectivity index (χ2n) is 4.56. The summed E-state index contributed by atoms with van der Waals surface area (Å²) in [5, 5.41) is 5.39. The maximum Gasteiger partial charge on any atom is 0.275 e. The summed E-state index contributed by atoms with van der Waals surface area (Å²) in [7, 11) is 0. The van der Waals surface area contributed by atoms with E-state index in [9.17, 15) is 4.79 Å². The molecule has 1 aromatic carbocycles. The summed E-state index contributed by atoms with van der Waals surface area (Å²) >= 11 is 1.41. The summed E-state index contributed by atoms with van der Waals surface area (Å²) in [6, 6.07) is 5.68. The number of nitrogens with one attached hydrogen (secondary N) is 1. The van der Waals surface area contributed by atoms with Crippen LogP contribution >= 0.6 is 11.3 Å². The lowest BCUT2D eigenvalue weighted by Crippen LogP contribution is -2.14. The van der Waals surface area contributed by atoms with Crippen LogP contribution in [0.25, 0.3) is 0 Å². The number of anilines is 1. The Bertz CT molecular complexity index is 604. The summed E-state index contributed by atoms with van der Waals surface area (Å²) in [6.45, 7) is 5.85. The molecule has 0 aliphatic carbocycles. The van der Waals surface area contributed by atoms with E-state index >= 15 is 0 Å². The van der Waals surface area contributed by atoms with E-state index in [1.807, 2.05) is 39.0 Å². The van der Waals surface area contributed by atoms with Crippen molar-refractivity contribution in [3.8, 4) is 0 Å². The number of rotatable bonds is 3. The van der Waals surface area contributed by atoms with Gasteiger partial charge in [-0.15, -0.1) is 11.3 Å². The van der Waals surface area contributed by atoms with E-state index in [4.69, 9.17) is 5.73 Å². The Morgan fingerprint density at radius 1 is 1.42 bits per heavy atom. The van der Waals surface area contributed by atoms with Crippen LogP contribution in [-0.2, 0) is 0 Å². The molecule has 0 bridgehead atoms. The van der Waals surface area contributed by atoms with Crippen LogP contribution in [0.3, 0.4) is 0 Å². The van der Waals surface area contributed by atoms with Gasteiger partial charge in [-0.05, 0) is 38.0 Å². The molecule has 100 valence electrons. The molecule has 1 aromatic heterocycles. The van der Waals surface area contributed by atoms with Crippen molar-refractivity contribution in [2.24, 2.45) is 5.73 Å². The molecule has 2 rings (SSSR count). The van der Waals surface area contributed by atoms with Gasteiger partial charge in [-0.3, -0.25) is 4.79 Å². The number of hydrogen-bond acceptors (Lipinski definition) is 4. The zero-order chi connectivity index (χ0) is 14.0. The Morgan fingerprint density at radius 3 is 2.79 bits per heavy atom. The standard InChI is InChI=1S/C14H17N3OS/c1-8-5-4-6-11(9(8)2)16-13(18)12-7-19-14(17-12)10(3)15/h4-7,10H,15H2,1-3H3,(H,16,18). The van der Waals surface area contributed by atoms with Crippen molar-refractivity contribution >= 4 is 22.9 Å². The SMILES string of the molecule is Cc1cccc(NC(=O)c2csc(C(C)N)n2)c1C. The molecule has 3 N–H and O–H groups in total. The van der Waals surface area contributed by atoms with Gasteiger partial charge < -0.3 is 11.1 Å². The third-order valence-corrected chi connectivity index (χ3v) is 4.04. The van der Waals surface area contributed by atoms with Crippen molar-refractivity contribution in [3.05, 3.63) is 45.4 Å². The summed E-state index contributed by atoms with van der Waals surface area (Å²) in [5.41, 5.74) is 9.19. The number of hydrogen-bond donors (Lipinski definition) is 2. The first-order chi connectivity index (χ1) is 8.99. The number of aryl methyl sites for hydroxylation is 1. The van der Waals surface area contributed by atoms with Crippen LogP contribution in [0.2, 0.25) is 0 Å². The van der Waals surface area contributed by atoms with Gasteiger partial charge in [0.1, 0.15) is 10.7 Å². The Labute approximate surface area is 116 Å². The molecule has 4 nitrogen and oxygen atoms in total. The first kappa shape index (κ1) is 13.7. The van der Waals surface area contributed by atoms with Crippen molar-refractivity contribution in [2.45, 2.75) is 26.8 Å². The maximum absolute atomic E-state index is 12.1. The Balaban J connectivity index is 2.18. The summed E-state index contributed by atoms with van der Waals surface area (Å²) < 4.78 is 0. The Kier molecular flexibility index (Phi) is 3.97. The molecule has 0 saturated heterocycles. The zero-order valence-corrected chi connectivity index (χ0v) is 12.0. The smallest absolute Gasteiger partial charge is 0.275 e. The van der Waals surface area contributed by atoms with Crippen molar-refractivity contribution < 1.29 is 4.79 Å². The fourth-order valence-electron chi connectivity index (χ4n) is 1.67. The van der Waals surface area contributed by atoms with Crippen molar-refractivity contribution in [2.75, 3.05) is 5.32 Å². The summed E-state index contributed by atoms with van der Waals surface area (Å²) in [6.07, 6.45) is 0. The number of thiazole rings is 1. The molecule has 1 amide bonds. The Morgan fingerprint density at radius 2 is 2.16 bits per heavy atom. The quantitative estimate of drug-likeness (QED) is 0.904. The van der Waals surface area contributed by atoms with Gasteiger partial charge in [0.05, 0.1) is 6.04 Å².